The molecule has 1 aliphatic rings. The van der Waals surface area contributed by atoms with Crippen molar-refractivity contribution in [1.82, 2.24) is 0 Å². The SMILES string of the molecule is O=C(O)c1ccccc1N(Cc1ccccc1Cl)C(=O)OCC1c2ccccc2-c2ccccc21. The van der Waals surface area contributed by atoms with E-state index in [4.69, 9.17) is 16.3 Å². The number of ether oxygens (including phenoxy) is 1. The Hall–Kier alpha value is -4.09. The number of nitrogens with zero attached hydrogens (tertiary/aromatic N) is 1. The van der Waals surface area contributed by atoms with Crippen LogP contribution in [0.5, 0.6) is 0 Å². The summed E-state index contributed by atoms with van der Waals surface area (Å²) in [6.45, 7) is 0.196. The largest absolute Gasteiger partial charge is 0.478 e. The van der Waals surface area contributed by atoms with Gasteiger partial charge in [-0.25, -0.2) is 9.59 Å². The van der Waals surface area contributed by atoms with Gasteiger partial charge in [0.25, 0.3) is 0 Å². The van der Waals surface area contributed by atoms with Crippen LogP contribution in [0.1, 0.15) is 33.0 Å². The third-order valence-electron chi connectivity index (χ3n) is 6.27. The molecule has 174 valence electrons. The van der Waals surface area contributed by atoms with Gasteiger partial charge >= 0.3 is 12.1 Å². The molecule has 0 spiro atoms. The molecule has 6 heteroatoms. The fourth-order valence-corrected chi connectivity index (χ4v) is 4.80. The molecule has 1 amide bonds. The number of rotatable bonds is 6. The van der Waals surface area contributed by atoms with Gasteiger partial charge < -0.3 is 9.84 Å². The maximum Gasteiger partial charge on any atom is 0.414 e. The number of carboxylic acid groups (broad SMARTS) is 1. The third kappa shape index (κ3) is 4.38. The van der Waals surface area contributed by atoms with Crippen molar-refractivity contribution < 1.29 is 19.4 Å². The maximum atomic E-state index is 13.5. The zero-order valence-corrected chi connectivity index (χ0v) is 19.5. The molecule has 0 unspecified atom stereocenters. The number of hydrogen-bond acceptors (Lipinski definition) is 3. The van der Waals surface area contributed by atoms with Gasteiger partial charge in [-0.2, -0.15) is 0 Å². The molecule has 4 aromatic rings. The smallest absolute Gasteiger partial charge is 0.414 e. The highest BCUT2D eigenvalue weighted by Gasteiger charge is 2.30. The minimum atomic E-state index is -1.13. The van der Waals surface area contributed by atoms with Crippen molar-refractivity contribution in [3.63, 3.8) is 0 Å². The lowest BCUT2D eigenvalue weighted by Crippen LogP contribution is -2.33. The Bertz CT molecular complexity index is 1370. The molecule has 5 nitrogen and oxygen atoms in total. The zero-order valence-electron chi connectivity index (χ0n) is 18.7. The molecule has 0 fully saturated rings. The van der Waals surface area contributed by atoms with Crippen LogP contribution in [-0.4, -0.2) is 23.8 Å². The van der Waals surface area contributed by atoms with Crippen LogP contribution in [-0.2, 0) is 11.3 Å². The molecule has 0 heterocycles. The van der Waals surface area contributed by atoms with Gasteiger partial charge in [0.15, 0.2) is 0 Å². The Kier molecular flexibility index (Phi) is 6.25. The standard InChI is InChI=1S/C29H22ClNO4/c30-26-15-7-1-9-19(26)17-31(27-16-8-6-14-24(27)28(32)33)29(34)35-18-25-22-12-4-2-10-20(22)21-11-3-5-13-23(21)25/h1-16,25H,17-18H2,(H,32,33). The van der Waals surface area contributed by atoms with Crippen LogP contribution >= 0.6 is 11.6 Å². The Morgan fingerprint density at radius 3 is 2.03 bits per heavy atom. The summed E-state index contributed by atoms with van der Waals surface area (Å²) >= 11 is 6.36. The molecule has 1 aliphatic carbocycles. The molecule has 0 radical (unpaired) electrons. The Morgan fingerprint density at radius 1 is 0.800 bits per heavy atom. The first kappa shape index (κ1) is 22.7. The van der Waals surface area contributed by atoms with Crippen molar-refractivity contribution in [1.29, 1.82) is 0 Å². The number of carboxylic acids is 1. The van der Waals surface area contributed by atoms with Gasteiger partial charge in [0.05, 0.1) is 17.8 Å². The number of fused-ring (bicyclic) bond motifs is 3. The zero-order chi connectivity index (χ0) is 24.4. The highest BCUT2D eigenvalue weighted by Crippen LogP contribution is 2.44. The number of carbonyl (C=O) groups excluding carboxylic acids is 1. The number of aromatic carboxylic acids is 1. The molecule has 0 aliphatic heterocycles. The number of amides is 1. The van der Waals surface area contributed by atoms with E-state index < -0.39 is 12.1 Å². The highest BCUT2D eigenvalue weighted by atomic mass is 35.5. The number of benzene rings is 4. The van der Waals surface area contributed by atoms with Crippen LogP contribution in [0.15, 0.2) is 97.1 Å². The average molecular weight is 484 g/mol. The molecular weight excluding hydrogens is 462 g/mol. The molecular formula is C29H22ClNO4. The van der Waals surface area contributed by atoms with E-state index in [-0.39, 0.29) is 30.3 Å². The minimum absolute atomic E-state index is 0.00746. The summed E-state index contributed by atoms with van der Waals surface area (Å²) in [5, 5.41) is 10.2. The van der Waals surface area contributed by atoms with Gasteiger partial charge in [0.1, 0.15) is 6.61 Å². The minimum Gasteiger partial charge on any atom is -0.478 e. The second kappa shape index (κ2) is 9.65. The van der Waals surface area contributed by atoms with Gasteiger partial charge in [-0.1, -0.05) is 90.5 Å². The fraction of sp³-hybridized carbons (Fsp3) is 0.103. The van der Waals surface area contributed by atoms with Crippen molar-refractivity contribution in [2.45, 2.75) is 12.5 Å². The van der Waals surface area contributed by atoms with Gasteiger partial charge in [0.2, 0.25) is 0 Å². The normalized spacial score (nSPS) is 12.0. The number of anilines is 1. The third-order valence-corrected chi connectivity index (χ3v) is 6.64. The summed E-state index contributed by atoms with van der Waals surface area (Å²) < 4.78 is 5.85. The van der Waals surface area contributed by atoms with Crippen molar-refractivity contribution in [2.24, 2.45) is 0 Å². The van der Waals surface area contributed by atoms with Crippen LogP contribution in [0, 0.1) is 0 Å². The Balaban J connectivity index is 1.46. The predicted molar refractivity (Wildman–Crippen MR) is 136 cm³/mol. The fourth-order valence-electron chi connectivity index (χ4n) is 4.61. The Morgan fingerprint density at radius 2 is 1.37 bits per heavy atom. The van der Waals surface area contributed by atoms with E-state index in [1.807, 2.05) is 30.3 Å². The summed E-state index contributed by atoms with van der Waals surface area (Å²) in [7, 11) is 0. The van der Waals surface area contributed by atoms with Crippen LogP contribution in [0.4, 0.5) is 10.5 Å². The van der Waals surface area contributed by atoms with Gasteiger partial charge in [-0.15, -0.1) is 0 Å². The first-order valence-corrected chi connectivity index (χ1v) is 11.6. The highest BCUT2D eigenvalue weighted by molar-refractivity contribution is 6.31. The van der Waals surface area contributed by atoms with Crippen LogP contribution < -0.4 is 4.90 Å². The first-order valence-electron chi connectivity index (χ1n) is 11.2. The molecule has 0 bridgehead atoms. The molecule has 0 saturated carbocycles. The lowest BCUT2D eigenvalue weighted by molar-refractivity contribution is 0.0697. The monoisotopic (exact) mass is 483 g/mol. The van der Waals surface area contributed by atoms with Crippen molar-refractivity contribution >= 4 is 29.4 Å². The van der Waals surface area contributed by atoms with Crippen LogP contribution in [0.2, 0.25) is 5.02 Å². The summed E-state index contributed by atoms with van der Waals surface area (Å²) in [4.78, 5) is 26.7. The summed E-state index contributed by atoms with van der Waals surface area (Å²) in [6.07, 6.45) is -0.638. The number of carbonyl (C=O) groups is 2. The summed E-state index contributed by atoms with van der Waals surface area (Å²) in [5.74, 6) is -1.24. The molecule has 0 atom stereocenters. The van der Waals surface area contributed by atoms with E-state index in [1.54, 1.807) is 36.4 Å². The van der Waals surface area contributed by atoms with E-state index in [9.17, 15) is 14.7 Å². The summed E-state index contributed by atoms with van der Waals surface area (Å²) in [5.41, 5.74) is 5.41. The van der Waals surface area contributed by atoms with E-state index in [0.717, 1.165) is 22.3 Å². The van der Waals surface area contributed by atoms with Crippen molar-refractivity contribution in [3.8, 4) is 11.1 Å². The second-order valence-electron chi connectivity index (χ2n) is 8.30. The molecule has 5 rings (SSSR count). The van der Waals surface area contributed by atoms with Gasteiger partial charge in [-0.05, 0) is 46.0 Å². The first-order chi connectivity index (χ1) is 17.0. The Labute approximate surface area is 208 Å². The topological polar surface area (TPSA) is 66.8 Å². The van der Waals surface area contributed by atoms with E-state index in [2.05, 4.69) is 24.3 Å². The average Bonchev–Trinajstić information content (AvgIpc) is 3.20. The van der Waals surface area contributed by atoms with Crippen LogP contribution in [0.3, 0.4) is 0 Å². The summed E-state index contributed by atoms with van der Waals surface area (Å²) in [6, 6.07) is 29.7. The molecule has 4 aromatic carbocycles. The number of halogens is 1. The van der Waals surface area contributed by atoms with Crippen LogP contribution in [0.25, 0.3) is 11.1 Å². The van der Waals surface area contributed by atoms with E-state index in [1.165, 1.54) is 11.0 Å². The van der Waals surface area contributed by atoms with Crippen molar-refractivity contribution in [3.05, 3.63) is 124 Å². The molecule has 0 aromatic heterocycles. The molecule has 0 saturated heterocycles. The van der Waals surface area contributed by atoms with Gasteiger partial charge in [0, 0.05) is 10.9 Å². The molecule has 1 N–H and O–H groups in total. The van der Waals surface area contributed by atoms with Crippen molar-refractivity contribution in [2.75, 3.05) is 11.5 Å². The number of hydrogen-bond donors (Lipinski definition) is 1. The van der Waals surface area contributed by atoms with E-state index >= 15 is 0 Å². The molecule has 35 heavy (non-hydrogen) atoms. The quantitative estimate of drug-likeness (QED) is 0.321. The lowest BCUT2D eigenvalue weighted by atomic mass is 9.98. The predicted octanol–water partition coefficient (Wildman–Crippen LogP) is 6.99. The van der Waals surface area contributed by atoms with Gasteiger partial charge in [-0.3, -0.25) is 4.90 Å². The van der Waals surface area contributed by atoms with E-state index in [0.29, 0.717) is 10.6 Å². The maximum absolute atomic E-state index is 13.5. The lowest BCUT2D eigenvalue weighted by Gasteiger charge is -2.25. The number of para-hydroxylation sites is 1. The second-order valence-corrected chi connectivity index (χ2v) is 8.71.